The smallest absolute Gasteiger partial charge is 0.246 e. The van der Waals surface area contributed by atoms with Crippen LogP contribution in [0.3, 0.4) is 0 Å². The number of fused-ring (bicyclic) bond motifs is 1. The van der Waals surface area contributed by atoms with Gasteiger partial charge in [0, 0.05) is 11.8 Å². The number of amides is 1. The van der Waals surface area contributed by atoms with Crippen molar-refractivity contribution >= 4 is 16.8 Å². The second-order valence-corrected chi connectivity index (χ2v) is 6.12. The van der Waals surface area contributed by atoms with Crippen LogP contribution in [-0.2, 0) is 9.53 Å². The molecule has 0 saturated carbocycles. The van der Waals surface area contributed by atoms with Crippen LogP contribution in [0.4, 0.5) is 0 Å². The Bertz CT molecular complexity index is 734. The normalized spacial score (nSPS) is 22.2. The lowest BCUT2D eigenvalue weighted by Crippen LogP contribution is -2.38. The maximum absolute atomic E-state index is 11.3. The quantitative estimate of drug-likeness (QED) is 0.875. The summed E-state index contributed by atoms with van der Waals surface area (Å²) in [6.07, 6.45) is 2.96. The van der Waals surface area contributed by atoms with Crippen molar-refractivity contribution < 1.29 is 19.4 Å². The molecule has 2 heterocycles. The van der Waals surface area contributed by atoms with Crippen molar-refractivity contribution in [1.82, 2.24) is 4.98 Å². The molecule has 2 unspecified atom stereocenters. The Balaban J connectivity index is 1.80. The van der Waals surface area contributed by atoms with E-state index in [0.29, 0.717) is 18.6 Å². The van der Waals surface area contributed by atoms with E-state index in [0.717, 1.165) is 29.3 Å². The van der Waals surface area contributed by atoms with Crippen molar-refractivity contribution in [2.24, 2.45) is 5.73 Å². The van der Waals surface area contributed by atoms with Gasteiger partial charge in [0.05, 0.1) is 31.0 Å². The molecule has 1 aliphatic heterocycles. The highest BCUT2D eigenvalue weighted by molar-refractivity contribution is 5.83. The van der Waals surface area contributed by atoms with Crippen molar-refractivity contribution in [3.05, 3.63) is 36.0 Å². The van der Waals surface area contributed by atoms with E-state index in [-0.39, 0.29) is 6.10 Å². The molecular weight excluding hydrogens is 308 g/mol. The van der Waals surface area contributed by atoms with E-state index in [1.165, 1.54) is 0 Å². The number of pyridine rings is 1. The molecule has 1 aromatic heterocycles. The molecule has 2 aromatic rings. The van der Waals surface area contributed by atoms with E-state index < -0.39 is 18.1 Å². The molecule has 1 aromatic carbocycles. The number of carbonyl (C=O) groups excluding carboxylic acids is 1. The van der Waals surface area contributed by atoms with Gasteiger partial charge in [0.1, 0.15) is 11.9 Å². The third-order valence-electron chi connectivity index (χ3n) is 4.48. The fourth-order valence-electron chi connectivity index (χ4n) is 3.21. The van der Waals surface area contributed by atoms with Gasteiger partial charge in [-0.2, -0.15) is 0 Å². The molecule has 0 bridgehead atoms. The lowest BCUT2D eigenvalue weighted by molar-refractivity contribution is -0.140. The summed E-state index contributed by atoms with van der Waals surface area (Å²) in [7, 11) is 1.59. The Morgan fingerprint density at radius 1 is 1.50 bits per heavy atom. The highest BCUT2D eigenvalue weighted by Crippen LogP contribution is 2.31. The number of rotatable bonds is 5. The minimum Gasteiger partial charge on any atom is -0.495 e. The molecule has 1 fully saturated rings. The van der Waals surface area contributed by atoms with Gasteiger partial charge < -0.3 is 20.3 Å². The summed E-state index contributed by atoms with van der Waals surface area (Å²) in [5.74, 6) is 0.207. The molecule has 6 nitrogen and oxygen atoms in total. The van der Waals surface area contributed by atoms with Gasteiger partial charge in [-0.3, -0.25) is 9.78 Å². The molecule has 1 saturated heterocycles. The first-order valence-corrected chi connectivity index (χ1v) is 8.14. The number of aliphatic hydroxyl groups excluding tert-OH is 1. The van der Waals surface area contributed by atoms with E-state index in [9.17, 15) is 9.90 Å². The number of carbonyl (C=O) groups is 1. The zero-order valence-electron chi connectivity index (χ0n) is 13.6. The maximum atomic E-state index is 11.3. The molecule has 3 N–H and O–H groups in total. The number of hydrogen-bond donors (Lipinski definition) is 2. The van der Waals surface area contributed by atoms with Crippen LogP contribution in [0.15, 0.2) is 30.5 Å². The third kappa shape index (κ3) is 3.49. The predicted molar refractivity (Wildman–Crippen MR) is 89.6 cm³/mol. The van der Waals surface area contributed by atoms with Crippen molar-refractivity contribution in [3.63, 3.8) is 0 Å². The van der Waals surface area contributed by atoms with Gasteiger partial charge in [-0.15, -0.1) is 0 Å². The fraction of sp³-hybridized carbons (Fsp3) is 0.444. The molecule has 24 heavy (non-hydrogen) atoms. The summed E-state index contributed by atoms with van der Waals surface area (Å²) in [4.78, 5) is 15.7. The first-order valence-electron chi connectivity index (χ1n) is 8.14. The highest BCUT2D eigenvalue weighted by atomic mass is 16.5. The van der Waals surface area contributed by atoms with Crippen LogP contribution in [0.25, 0.3) is 10.9 Å². The molecule has 0 spiro atoms. The van der Waals surface area contributed by atoms with E-state index in [1.54, 1.807) is 13.3 Å². The average Bonchev–Trinajstić information content (AvgIpc) is 2.60. The summed E-state index contributed by atoms with van der Waals surface area (Å²) in [5.41, 5.74) is 6.91. The first-order chi connectivity index (χ1) is 11.6. The number of methoxy groups -OCH3 is 1. The number of nitrogens with two attached hydrogens (primary N) is 1. The number of benzene rings is 1. The van der Waals surface area contributed by atoms with Gasteiger partial charge in [0.2, 0.25) is 5.91 Å². The molecule has 128 valence electrons. The van der Waals surface area contributed by atoms with Crippen LogP contribution < -0.4 is 10.5 Å². The van der Waals surface area contributed by atoms with Gasteiger partial charge in [-0.25, -0.2) is 0 Å². The van der Waals surface area contributed by atoms with Crippen molar-refractivity contribution in [2.75, 3.05) is 7.11 Å². The second kappa shape index (κ2) is 7.15. The summed E-state index contributed by atoms with van der Waals surface area (Å²) in [5, 5.41) is 11.5. The molecule has 0 radical (unpaired) electrons. The van der Waals surface area contributed by atoms with Gasteiger partial charge in [0.25, 0.3) is 0 Å². The lowest BCUT2D eigenvalue weighted by atomic mass is 9.94. The molecule has 0 aliphatic carbocycles. The number of aliphatic hydroxyl groups is 1. The zero-order valence-corrected chi connectivity index (χ0v) is 13.6. The van der Waals surface area contributed by atoms with Crippen molar-refractivity contribution in [1.29, 1.82) is 0 Å². The SMILES string of the molecule is COc1cnc2cccc(C(O)C[C@@H]3CCCC(C(N)=O)O3)c2c1. The van der Waals surface area contributed by atoms with Crippen LogP contribution in [0.5, 0.6) is 5.75 Å². The van der Waals surface area contributed by atoms with E-state index >= 15 is 0 Å². The van der Waals surface area contributed by atoms with Gasteiger partial charge in [-0.05, 0) is 37.0 Å². The lowest BCUT2D eigenvalue weighted by Gasteiger charge is -2.29. The van der Waals surface area contributed by atoms with Crippen LogP contribution in [0, 0.1) is 0 Å². The monoisotopic (exact) mass is 330 g/mol. The average molecular weight is 330 g/mol. The van der Waals surface area contributed by atoms with Gasteiger partial charge in [-0.1, -0.05) is 12.1 Å². The first kappa shape index (κ1) is 16.7. The number of aromatic nitrogens is 1. The molecule has 1 amide bonds. The fourth-order valence-corrected chi connectivity index (χ4v) is 3.21. The molecule has 1 aliphatic rings. The third-order valence-corrected chi connectivity index (χ3v) is 4.48. The maximum Gasteiger partial charge on any atom is 0.246 e. The summed E-state index contributed by atoms with van der Waals surface area (Å²) in [6.45, 7) is 0. The minimum absolute atomic E-state index is 0.180. The second-order valence-electron chi connectivity index (χ2n) is 6.12. The van der Waals surface area contributed by atoms with Crippen LogP contribution in [0.1, 0.15) is 37.4 Å². The summed E-state index contributed by atoms with van der Waals surface area (Å²) < 4.78 is 10.9. The van der Waals surface area contributed by atoms with E-state index in [1.807, 2.05) is 24.3 Å². The topological polar surface area (TPSA) is 94.7 Å². The van der Waals surface area contributed by atoms with E-state index in [2.05, 4.69) is 4.98 Å². The van der Waals surface area contributed by atoms with Gasteiger partial charge in [0.15, 0.2) is 0 Å². The number of primary amides is 1. The Labute approximate surface area is 140 Å². The summed E-state index contributed by atoms with van der Waals surface area (Å²) >= 11 is 0. The van der Waals surface area contributed by atoms with E-state index in [4.69, 9.17) is 15.2 Å². The minimum atomic E-state index is -0.709. The zero-order chi connectivity index (χ0) is 17.1. The molecule has 3 rings (SSSR count). The Morgan fingerprint density at radius 3 is 3.08 bits per heavy atom. The predicted octanol–water partition coefficient (Wildman–Crippen LogP) is 2.09. The van der Waals surface area contributed by atoms with Crippen molar-refractivity contribution in [3.8, 4) is 5.75 Å². The van der Waals surface area contributed by atoms with Crippen LogP contribution in [-0.4, -0.2) is 35.3 Å². The highest BCUT2D eigenvalue weighted by Gasteiger charge is 2.28. The Kier molecular flexibility index (Phi) is 4.97. The standard InChI is InChI=1S/C18H22N2O4/c1-23-12-8-14-13(5-3-6-15(14)20-10-12)16(21)9-11-4-2-7-17(24-11)18(19)22/h3,5-6,8,10-11,16-17,21H,2,4,7,9H2,1H3,(H2,19,22)/t11-,16?,17?/m0/s1. The van der Waals surface area contributed by atoms with Gasteiger partial charge >= 0.3 is 0 Å². The number of nitrogens with zero attached hydrogens (tertiary/aromatic N) is 1. The van der Waals surface area contributed by atoms with Crippen LogP contribution >= 0.6 is 0 Å². The molecular formula is C18H22N2O4. The Hall–Kier alpha value is -2.18. The Morgan fingerprint density at radius 2 is 2.33 bits per heavy atom. The number of hydrogen-bond acceptors (Lipinski definition) is 5. The van der Waals surface area contributed by atoms with Crippen molar-refractivity contribution in [2.45, 2.75) is 44.0 Å². The largest absolute Gasteiger partial charge is 0.495 e. The molecule has 3 atom stereocenters. The van der Waals surface area contributed by atoms with Crippen LogP contribution in [0.2, 0.25) is 0 Å². The summed E-state index contributed by atoms with van der Waals surface area (Å²) in [6, 6.07) is 7.51. The molecule has 6 heteroatoms. The number of ether oxygens (including phenoxy) is 2.